The largest absolute Gasteiger partial charge is 0.508 e. The Kier molecular flexibility index (Phi) is 7.54. The first-order valence-electron chi connectivity index (χ1n) is 11.6. The summed E-state index contributed by atoms with van der Waals surface area (Å²) in [5, 5.41) is 10.7. The second kappa shape index (κ2) is 10.8. The van der Waals surface area contributed by atoms with Crippen molar-refractivity contribution in [2.75, 3.05) is 32.1 Å². The average Bonchev–Trinajstić information content (AvgIpc) is 3.30. The summed E-state index contributed by atoms with van der Waals surface area (Å²) in [7, 11) is 0. The van der Waals surface area contributed by atoms with Crippen LogP contribution in [-0.4, -0.2) is 53.2 Å². The van der Waals surface area contributed by atoms with Gasteiger partial charge in [0.05, 0.1) is 6.67 Å². The number of ether oxygens (including phenoxy) is 1. The number of hydrogen-bond donors (Lipinski definition) is 1. The van der Waals surface area contributed by atoms with Crippen molar-refractivity contribution >= 4 is 46.1 Å². The SMILES string of the molecule is Oc1ccc2c(c1)SCC(c1ccc(Cl)nc1Cl)=C2c1ccc(O[C@H]2CCN(CCCF)C2)cc1. The van der Waals surface area contributed by atoms with Gasteiger partial charge in [-0.3, -0.25) is 9.29 Å². The number of hydrogen-bond acceptors (Lipinski definition) is 5. The third-order valence-electron chi connectivity index (χ3n) is 6.33. The number of halogens is 3. The van der Waals surface area contributed by atoms with Gasteiger partial charge < -0.3 is 9.84 Å². The lowest BCUT2D eigenvalue weighted by atomic mass is 9.90. The Morgan fingerprint density at radius 3 is 2.66 bits per heavy atom. The fourth-order valence-electron chi connectivity index (χ4n) is 4.67. The van der Waals surface area contributed by atoms with E-state index in [0.717, 1.165) is 64.5 Å². The van der Waals surface area contributed by atoms with Gasteiger partial charge in [0.25, 0.3) is 0 Å². The van der Waals surface area contributed by atoms with Gasteiger partial charge in [-0.15, -0.1) is 11.8 Å². The molecule has 0 unspecified atom stereocenters. The smallest absolute Gasteiger partial charge is 0.138 e. The highest BCUT2D eigenvalue weighted by molar-refractivity contribution is 7.99. The fraction of sp³-hybridized carbons (Fsp3) is 0.296. The number of thioether (sulfide) groups is 1. The summed E-state index contributed by atoms with van der Waals surface area (Å²) in [4.78, 5) is 7.52. The van der Waals surface area contributed by atoms with E-state index in [4.69, 9.17) is 27.9 Å². The van der Waals surface area contributed by atoms with Crippen LogP contribution in [0.25, 0.3) is 11.1 Å². The van der Waals surface area contributed by atoms with Crippen LogP contribution in [0.5, 0.6) is 11.5 Å². The highest BCUT2D eigenvalue weighted by Crippen LogP contribution is 2.46. The van der Waals surface area contributed by atoms with E-state index in [1.54, 1.807) is 30.0 Å². The highest BCUT2D eigenvalue weighted by atomic mass is 35.5. The van der Waals surface area contributed by atoms with E-state index in [-0.39, 0.29) is 18.5 Å². The van der Waals surface area contributed by atoms with Gasteiger partial charge in [-0.1, -0.05) is 35.3 Å². The molecule has 182 valence electrons. The first-order chi connectivity index (χ1) is 17.0. The van der Waals surface area contributed by atoms with Crippen LogP contribution in [0.3, 0.4) is 0 Å². The van der Waals surface area contributed by atoms with Crippen molar-refractivity contribution in [1.29, 1.82) is 0 Å². The van der Waals surface area contributed by atoms with Crippen LogP contribution in [0, 0.1) is 0 Å². The quantitative estimate of drug-likeness (QED) is 0.334. The van der Waals surface area contributed by atoms with Crippen LogP contribution < -0.4 is 4.74 Å². The number of aromatic hydroxyl groups is 1. The molecule has 2 aliphatic rings. The Balaban J connectivity index is 1.46. The summed E-state index contributed by atoms with van der Waals surface area (Å²) in [5.41, 5.74) is 5.02. The third-order valence-corrected chi connectivity index (χ3v) is 7.91. The van der Waals surface area contributed by atoms with E-state index in [1.165, 1.54) is 0 Å². The zero-order valence-electron chi connectivity index (χ0n) is 19.0. The van der Waals surface area contributed by atoms with E-state index in [1.807, 2.05) is 24.3 Å². The standard InChI is InChI=1S/C27H25Cl2FN2O2S/c28-25-9-8-21(27(29)31-25)23-16-35-24-14-18(33)4-7-22(24)26(23)17-2-5-19(6-3-17)34-20-10-13-32(15-20)12-1-11-30/h2-9,14,20,33H,1,10-13,15-16H2/t20-/m0/s1. The average molecular weight is 531 g/mol. The zero-order valence-corrected chi connectivity index (χ0v) is 21.3. The van der Waals surface area contributed by atoms with Crippen LogP contribution >= 0.6 is 35.0 Å². The minimum Gasteiger partial charge on any atom is -0.508 e. The normalized spacial score (nSPS) is 18.1. The zero-order chi connectivity index (χ0) is 24.4. The molecule has 0 amide bonds. The predicted molar refractivity (Wildman–Crippen MR) is 142 cm³/mol. The Morgan fingerprint density at radius 1 is 1.09 bits per heavy atom. The van der Waals surface area contributed by atoms with Crippen LogP contribution in [0.1, 0.15) is 29.5 Å². The van der Waals surface area contributed by atoms with Crippen molar-refractivity contribution in [2.24, 2.45) is 0 Å². The highest BCUT2D eigenvalue weighted by Gasteiger charge is 2.26. The Bertz CT molecular complexity index is 1250. The minimum absolute atomic E-state index is 0.115. The molecule has 0 bridgehead atoms. The van der Waals surface area contributed by atoms with Gasteiger partial charge in [0.1, 0.15) is 27.9 Å². The molecule has 35 heavy (non-hydrogen) atoms. The van der Waals surface area contributed by atoms with E-state index < -0.39 is 0 Å². The number of rotatable bonds is 7. The van der Waals surface area contributed by atoms with Gasteiger partial charge in [-0.2, -0.15) is 0 Å². The van der Waals surface area contributed by atoms with Gasteiger partial charge in [0, 0.05) is 35.8 Å². The van der Waals surface area contributed by atoms with Crippen LogP contribution in [0.4, 0.5) is 4.39 Å². The first kappa shape index (κ1) is 24.4. The third kappa shape index (κ3) is 5.46. The minimum atomic E-state index is -0.278. The molecular formula is C27H25Cl2FN2O2S. The molecule has 3 aromatic rings. The van der Waals surface area contributed by atoms with Crippen molar-refractivity contribution in [3.63, 3.8) is 0 Å². The molecular weight excluding hydrogens is 506 g/mol. The van der Waals surface area contributed by atoms with Gasteiger partial charge in [0.15, 0.2) is 0 Å². The maximum atomic E-state index is 12.5. The molecule has 8 heteroatoms. The van der Waals surface area contributed by atoms with Gasteiger partial charge in [0.2, 0.25) is 0 Å². The summed E-state index contributed by atoms with van der Waals surface area (Å²) in [6.07, 6.45) is 1.63. The molecule has 2 aliphatic heterocycles. The number of alkyl halides is 1. The Hall–Kier alpha value is -2.25. The van der Waals surface area contributed by atoms with E-state index in [9.17, 15) is 9.50 Å². The summed E-state index contributed by atoms with van der Waals surface area (Å²) in [6.45, 7) is 2.27. The number of likely N-dealkylation sites (tertiary alicyclic amines) is 1. The molecule has 2 aromatic carbocycles. The van der Waals surface area contributed by atoms with Crippen molar-refractivity contribution in [1.82, 2.24) is 9.88 Å². The van der Waals surface area contributed by atoms with E-state index in [0.29, 0.717) is 22.5 Å². The number of pyridine rings is 1. The number of fused-ring (bicyclic) bond motifs is 1. The maximum absolute atomic E-state index is 12.5. The molecule has 0 spiro atoms. The molecule has 4 nitrogen and oxygen atoms in total. The maximum Gasteiger partial charge on any atom is 0.138 e. The Labute approximate surface area is 218 Å². The van der Waals surface area contributed by atoms with E-state index in [2.05, 4.69) is 22.0 Å². The van der Waals surface area contributed by atoms with Crippen molar-refractivity contribution in [3.8, 4) is 11.5 Å². The van der Waals surface area contributed by atoms with Crippen molar-refractivity contribution in [3.05, 3.63) is 81.6 Å². The molecule has 1 N–H and O–H groups in total. The molecule has 0 saturated carbocycles. The molecule has 3 heterocycles. The summed E-state index contributed by atoms with van der Waals surface area (Å²) in [5.74, 6) is 1.74. The molecule has 0 aliphatic carbocycles. The van der Waals surface area contributed by atoms with Gasteiger partial charge >= 0.3 is 0 Å². The summed E-state index contributed by atoms with van der Waals surface area (Å²) >= 11 is 14.2. The van der Waals surface area contributed by atoms with Crippen molar-refractivity contribution < 1.29 is 14.2 Å². The fourth-order valence-corrected chi connectivity index (χ4v) is 6.26. The van der Waals surface area contributed by atoms with Crippen LogP contribution in [0.2, 0.25) is 10.3 Å². The van der Waals surface area contributed by atoms with Gasteiger partial charge in [-0.05, 0) is 77.6 Å². The lowest BCUT2D eigenvalue weighted by molar-refractivity contribution is 0.198. The molecule has 1 atom stereocenters. The van der Waals surface area contributed by atoms with Crippen molar-refractivity contribution in [2.45, 2.75) is 23.8 Å². The lowest BCUT2D eigenvalue weighted by Crippen LogP contribution is -2.26. The summed E-state index contributed by atoms with van der Waals surface area (Å²) in [6, 6.07) is 17.2. The molecule has 1 aromatic heterocycles. The number of nitrogens with zero attached hydrogens (tertiary/aromatic N) is 2. The van der Waals surface area contributed by atoms with E-state index >= 15 is 0 Å². The second-order valence-corrected chi connectivity index (χ2v) is 10.5. The molecule has 1 saturated heterocycles. The number of benzene rings is 2. The molecule has 5 rings (SSSR count). The van der Waals surface area contributed by atoms with Crippen LogP contribution in [0.15, 0.2) is 59.5 Å². The summed E-state index contributed by atoms with van der Waals surface area (Å²) < 4.78 is 18.7. The molecule has 1 fully saturated rings. The second-order valence-electron chi connectivity index (χ2n) is 8.69. The number of aromatic nitrogens is 1. The predicted octanol–water partition coefficient (Wildman–Crippen LogP) is 6.97. The van der Waals surface area contributed by atoms with Crippen LogP contribution in [-0.2, 0) is 0 Å². The molecule has 0 radical (unpaired) electrons. The lowest BCUT2D eigenvalue weighted by Gasteiger charge is -2.25. The monoisotopic (exact) mass is 530 g/mol. The number of phenols is 1. The topological polar surface area (TPSA) is 45.6 Å². The Morgan fingerprint density at radius 2 is 1.89 bits per heavy atom. The number of phenolic OH excluding ortho intramolecular Hbond substituents is 1. The first-order valence-corrected chi connectivity index (χ1v) is 13.3. The van der Waals surface area contributed by atoms with Gasteiger partial charge in [-0.25, -0.2) is 4.98 Å².